The van der Waals surface area contributed by atoms with Crippen LogP contribution in [0.1, 0.15) is 0 Å². The molecule has 0 N–H and O–H groups in total. The van der Waals surface area contributed by atoms with E-state index in [2.05, 4.69) is 22.1 Å². The number of hydrogen-bond acceptors (Lipinski definition) is 3. The smallest absolute Gasteiger partial charge is 0.143 e. The van der Waals surface area contributed by atoms with Crippen LogP contribution < -0.4 is 0 Å². The van der Waals surface area contributed by atoms with Crippen molar-refractivity contribution < 1.29 is 0 Å². The molecule has 5 nitrogen and oxygen atoms in total. The second-order valence-electron chi connectivity index (χ2n) is 0.835. The van der Waals surface area contributed by atoms with Gasteiger partial charge in [-0.05, 0) is 11.3 Å². The summed E-state index contributed by atoms with van der Waals surface area (Å²) in [5.74, 6) is -0.306. The van der Waals surface area contributed by atoms with Crippen LogP contribution in [0.15, 0.2) is 28.2 Å². The topological polar surface area (TPSA) is 71.2 Å². The molecule has 0 fully saturated rings. The van der Waals surface area contributed by atoms with Gasteiger partial charge in [0.05, 0.1) is 5.29 Å². The maximum absolute atomic E-state index is 9.48. The average molecular weight is 113 g/mol. The summed E-state index contributed by atoms with van der Waals surface area (Å²) in [6.07, 6.45) is 1.04. The number of rotatable bonds is 2. The average Bonchev–Trinajstić information content (AvgIpc) is 1.83. The van der Waals surface area contributed by atoms with Gasteiger partial charge >= 0.3 is 0 Å². The fourth-order valence-corrected chi connectivity index (χ4v) is 0.138. The summed E-state index contributed by atoms with van der Waals surface area (Å²) in [6, 6.07) is 0. The molecular weight excluding hydrogens is 110 g/mol. The Hall–Kier alpha value is -1.39. The molecule has 0 atom stereocenters. The number of amidine groups is 1. The summed E-state index contributed by atoms with van der Waals surface area (Å²) in [6.45, 7) is 3.13. The minimum absolute atomic E-state index is 0.306. The molecule has 0 bridgehead atoms. The van der Waals surface area contributed by atoms with Crippen LogP contribution >= 0.6 is 0 Å². The number of hydrogen-bond donors (Lipinski definition) is 0. The molecule has 0 aromatic carbocycles. The van der Waals surface area contributed by atoms with Crippen LogP contribution in [-0.4, -0.2) is 5.84 Å². The zero-order valence-electron chi connectivity index (χ0n) is 3.94. The first-order valence-corrected chi connectivity index (χ1v) is 1.71. The predicted molar refractivity (Wildman–Crippen MR) is 29.2 cm³/mol. The molecule has 0 saturated heterocycles. The van der Waals surface area contributed by atoms with Gasteiger partial charge in [-0.3, -0.25) is 0 Å². The monoisotopic (exact) mass is 113 g/mol. The Bertz CT molecular complexity index is 129. The number of nitroso groups, excluding NO2 is 2. The van der Waals surface area contributed by atoms with E-state index >= 15 is 0 Å². The Morgan fingerprint density at radius 1 is 1.50 bits per heavy atom. The van der Waals surface area contributed by atoms with Gasteiger partial charge in [-0.1, -0.05) is 11.7 Å². The van der Waals surface area contributed by atoms with Crippen LogP contribution in [0.4, 0.5) is 0 Å². The van der Waals surface area contributed by atoms with Crippen molar-refractivity contribution in [3.8, 4) is 0 Å². The maximum Gasteiger partial charge on any atom is 0.220 e. The summed E-state index contributed by atoms with van der Waals surface area (Å²) in [4.78, 5) is 18.7. The van der Waals surface area contributed by atoms with Gasteiger partial charge in [-0.2, -0.15) is 0 Å². The molecule has 0 aliphatic carbocycles. The van der Waals surface area contributed by atoms with E-state index in [0.717, 1.165) is 6.08 Å². The molecule has 0 spiro atoms. The second kappa shape index (κ2) is 3.79. The van der Waals surface area contributed by atoms with E-state index in [-0.39, 0.29) is 5.84 Å². The minimum atomic E-state index is -0.306. The molecule has 0 aliphatic rings. The Balaban J connectivity index is 4.05. The lowest BCUT2D eigenvalue weighted by Crippen LogP contribution is -1.80. The van der Waals surface area contributed by atoms with Gasteiger partial charge in [0.2, 0.25) is 5.84 Å². The first-order valence-electron chi connectivity index (χ1n) is 1.71. The Morgan fingerprint density at radius 3 is 2.25 bits per heavy atom. The van der Waals surface area contributed by atoms with E-state index in [1.807, 2.05) is 0 Å². The van der Waals surface area contributed by atoms with Crippen molar-refractivity contribution in [1.82, 2.24) is 0 Å². The van der Waals surface area contributed by atoms with Crippen LogP contribution in [-0.2, 0) is 0 Å². The molecule has 0 aromatic heterocycles. The second-order valence-corrected chi connectivity index (χ2v) is 0.835. The highest BCUT2D eigenvalue weighted by molar-refractivity contribution is 5.92. The van der Waals surface area contributed by atoms with Crippen LogP contribution in [0.5, 0.6) is 0 Å². The lowest BCUT2D eigenvalue weighted by Gasteiger charge is -1.72. The molecule has 8 heavy (non-hydrogen) atoms. The Labute approximate surface area is 45.0 Å². The standard InChI is InChI=1S/C3H3N3O2/c1-2-3(5-7)4-6-8/h2H,1H2. The van der Waals surface area contributed by atoms with Gasteiger partial charge < -0.3 is 0 Å². The number of nitrogens with zero attached hydrogens (tertiary/aromatic N) is 3. The lowest BCUT2D eigenvalue weighted by molar-refractivity contribution is 1.21. The van der Waals surface area contributed by atoms with Crippen molar-refractivity contribution in [2.24, 2.45) is 15.6 Å². The SMILES string of the molecule is C=CC(N=O)=NN=O. The highest BCUT2D eigenvalue weighted by Crippen LogP contribution is 1.80. The molecular formula is C3H3N3O2. The summed E-state index contributed by atoms with van der Waals surface area (Å²) in [7, 11) is 0. The Kier molecular flexibility index (Phi) is 3.13. The quantitative estimate of drug-likeness (QED) is 0.232. The van der Waals surface area contributed by atoms with Crippen LogP contribution in [0.3, 0.4) is 0 Å². The highest BCUT2D eigenvalue weighted by Gasteiger charge is 1.85. The molecule has 0 radical (unpaired) electrons. The van der Waals surface area contributed by atoms with E-state index in [4.69, 9.17) is 0 Å². The van der Waals surface area contributed by atoms with E-state index in [1.54, 1.807) is 0 Å². The minimum Gasteiger partial charge on any atom is -0.143 e. The fraction of sp³-hybridized carbons (Fsp3) is 0. The zero-order chi connectivity index (χ0) is 6.41. The van der Waals surface area contributed by atoms with E-state index in [0.29, 0.717) is 0 Å². The van der Waals surface area contributed by atoms with Crippen LogP contribution in [0.25, 0.3) is 0 Å². The van der Waals surface area contributed by atoms with Crippen molar-refractivity contribution in [1.29, 1.82) is 0 Å². The van der Waals surface area contributed by atoms with Gasteiger partial charge in [-0.15, -0.1) is 9.81 Å². The van der Waals surface area contributed by atoms with Crippen LogP contribution in [0.2, 0.25) is 0 Å². The van der Waals surface area contributed by atoms with Gasteiger partial charge in [-0.25, -0.2) is 0 Å². The predicted octanol–water partition coefficient (Wildman–Crippen LogP) is 1.02. The largest absolute Gasteiger partial charge is 0.220 e. The summed E-state index contributed by atoms with van der Waals surface area (Å²) >= 11 is 0. The lowest BCUT2D eigenvalue weighted by atomic mass is 10.6. The third-order valence-corrected chi connectivity index (χ3v) is 0.419. The third kappa shape index (κ3) is 1.91. The Morgan fingerprint density at radius 2 is 2.12 bits per heavy atom. The van der Waals surface area contributed by atoms with E-state index in [9.17, 15) is 9.81 Å². The first kappa shape index (κ1) is 6.61. The van der Waals surface area contributed by atoms with Crippen molar-refractivity contribution in [3.63, 3.8) is 0 Å². The molecule has 0 aliphatic heterocycles. The van der Waals surface area contributed by atoms with Crippen molar-refractivity contribution in [2.75, 3.05) is 0 Å². The van der Waals surface area contributed by atoms with Crippen LogP contribution in [0, 0.1) is 9.81 Å². The highest BCUT2D eigenvalue weighted by atomic mass is 16.3. The summed E-state index contributed by atoms with van der Waals surface area (Å²) < 4.78 is 0. The zero-order valence-corrected chi connectivity index (χ0v) is 3.94. The normalized spacial score (nSPS) is 10.2. The molecule has 5 heteroatoms. The van der Waals surface area contributed by atoms with Gasteiger partial charge in [0.25, 0.3) is 0 Å². The molecule has 0 amide bonds. The molecule has 0 rings (SSSR count). The van der Waals surface area contributed by atoms with E-state index in [1.165, 1.54) is 0 Å². The van der Waals surface area contributed by atoms with Gasteiger partial charge in [0.15, 0.2) is 0 Å². The maximum atomic E-state index is 9.48. The first-order chi connectivity index (χ1) is 3.85. The molecule has 42 valence electrons. The molecule has 0 saturated carbocycles. The molecule has 0 heterocycles. The van der Waals surface area contributed by atoms with E-state index < -0.39 is 0 Å². The third-order valence-electron chi connectivity index (χ3n) is 0.419. The van der Waals surface area contributed by atoms with Gasteiger partial charge in [0.1, 0.15) is 0 Å². The van der Waals surface area contributed by atoms with Gasteiger partial charge in [0, 0.05) is 0 Å². The fourth-order valence-electron chi connectivity index (χ4n) is 0.138. The summed E-state index contributed by atoms with van der Waals surface area (Å²) in [5.41, 5.74) is 0. The van der Waals surface area contributed by atoms with Crippen molar-refractivity contribution >= 4 is 5.84 Å². The molecule has 0 aromatic rings. The van der Waals surface area contributed by atoms with Crippen molar-refractivity contribution in [2.45, 2.75) is 0 Å². The van der Waals surface area contributed by atoms with Crippen molar-refractivity contribution in [3.05, 3.63) is 22.5 Å². The molecule has 0 unspecified atom stereocenters. The summed E-state index contributed by atoms with van der Waals surface area (Å²) in [5, 5.41) is 7.09.